The lowest BCUT2D eigenvalue weighted by atomic mass is 9.68. The van der Waals surface area contributed by atoms with Gasteiger partial charge >= 0.3 is 0 Å². The topological polar surface area (TPSA) is 0 Å². The first-order chi connectivity index (χ1) is 7.43. The fraction of sp³-hybridized carbons (Fsp3) is 0.750. The molecule has 0 nitrogen and oxygen atoms in total. The first-order valence-corrected chi connectivity index (χ1v) is 6.78. The van der Waals surface area contributed by atoms with Crippen LogP contribution < -0.4 is 0 Å². The normalized spacial score (nSPS) is 24.0. The average molecular weight is 222 g/mol. The fourth-order valence-electron chi connectivity index (χ4n) is 2.32. The molecule has 0 heteroatoms. The highest BCUT2D eigenvalue weighted by molar-refractivity contribution is 5.18. The molecule has 0 aliphatic heterocycles. The molecule has 1 unspecified atom stereocenters. The molecule has 1 aliphatic rings. The Morgan fingerprint density at radius 3 is 2.31 bits per heavy atom. The summed E-state index contributed by atoms with van der Waals surface area (Å²) in [5, 5.41) is 0. The maximum Gasteiger partial charge on any atom is 0.00254 e. The van der Waals surface area contributed by atoms with Gasteiger partial charge in [0.1, 0.15) is 0 Å². The average Bonchev–Trinajstić information content (AvgIpc) is 2.18. The van der Waals surface area contributed by atoms with Gasteiger partial charge in [-0.3, -0.25) is 0 Å². The van der Waals surface area contributed by atoms with Crippen LogP contribution in [0, 0.1) is 17.3 Å². The monoisotopic (exact) mass is 222 g/mol. The van der Waals surface area contributed by atoms with Crippen molar-refractivity contribution in [2.75, 3.05) is 0 Å². The van der Waals surface area contributed by atoms with Crippen molar-refractivity contribution in [1.82, 2.24) is 0 Å². The van der Waals surface area contributed by atoms with Crippen molar-refractivity contribution >= 4 is 0 Å². The van der Waals surface area contributed by atoms with E-state index in [9.17, 15) is 0 Å². The van der Waals surface area contributed by atoms with Gasteiger partial charge in [0.05, 0.1) is 0 Å². The molecular formula is C16H30. The molecule has 0 N–H and O–H groups in total. The first kappa shape index (κ1) is 15.5. The van der Waals surface area contributed by atoms with Crippen LogP contribution in [0.5, 0.6) is 0 Å². The highest BCUT2D eigenvalue weighted by Crippen LogP contribution is 2.41. The predicted octanol–water partition coefficient (Wildman–Crippen LogP) is 5.61. The molecule has 0 aromatic rings. The summed E-state index contributed by atoms with van der Waals surface area (Å²) in [5.41, 5.74) is 2.00. The van der Waals surface area contributed by atoms with Gasteiger partial charge in [-0.05, 0) is 31.1 Å². The van der Waals surface area contributed by atoms with Crippen LogP contribution in [-0.2, 0) is 0 Å². The highest BCUT2D eigenvalue weighted by atomic mass is 14.3. The molecule has 0 amide bonds. The van der Waals surface area contributed by atoms with Gasteiger partial charge in [0.2, 0.25) is 0 Å². The van der Waals surface area contributed by atoms with Crippen LogP contribution in [0.25, 0.3) is 0 Å². The van der Waals surface area contributed by atoms with Crippen molar-refractivity contribution in [1.29, 1.82) is 0 Å². The third kappa shape index (κ3) is 4.55. The summed E-state index contributed by atoms with van der Waals surface area (Å²) in [6, 6.07) is 0. The molecule has 0 saturated carbocycles. The van der Waals surface area contributed by atoms with E-state index >= 15 is 0 Å². The predicted molar refractivity (Wildman–Crippen MR) is 75.6 cm³/mol. The summed E-state index contributed by atoms with van der Waals surface area (Å²) in [6.07, 6.45) is 9.73. The molecule has 0 radical (unpaired) electrons. The molecule has 0 bridgehead atoms. The second-order valence-electron chi connectivity index (χ2n) is 5.58. The van der Waals surface area contributed by atoms with Gasteiger partial charge in [-0.25, -0.2) is 0 Å². The molecule has 1 atom stereocenters. The third-order valence-corrected chi connectivity index (χ3v) is 3.28. The number of hydrogen-bond donors (Lipinski definition) is 0. The summed E-state index contributed by atoms with van der Waals surface area (Å²) in [5.74, 6) is 1.32. The van der Waals surface area contributed by atoms with E-state index in [0.717, 1.165) is 0 Å². The van der Waals surface area contributed by atoms with E-state index in [1.165, 1.54) is 12.8 Å². The smallest absolute Gasteiger partial charge is 0.00254 e. The van der Waals surface area contributed by atoms with Crippen molar-refractivity contribution in [2.45, 2.75) is 61.3 Å². The number of rotatable bonds is 2. The van der Waals surface area contributed by atoms with Gasteiger partial charge in [-0.1, -0.05) is 65.3 Å². The zero-order chi connectivity index (χ0) is 12.8. The van der Waals surface area contributed by atoms with Gasteiger partial charge < -0.3 is 0 Å². The third-order valence-electron chi connectivity index (χ3n) is 3.28. The van der Waals surface area contributed by atoms with E-state index in [1.54, 1.807) is 5.57 Å². The zero-order valence-corrected chi connectivity index (χ0v) is 12.3. The SMILES string of the molecule is CC.CC1=CCCC(C)(C)C1/C=C/C(C)C. The minimum Gasteiger partial charge on any atom is -0.0853 e. The molecule has 0 fully saturated rings. The highest BCUT2D eigenvalue weighted by Gasteiger charge is 2.30. The van der Waals surface area contributed by atoms with Crippen molar-refractivity contribution in [2.24, 2.45) is 17.3 Å². The Morgan fingerprint density at radius 2 is 1.88 bits per heavy atom. The first-order valence-electron chi connectivity index (χ1n) is 6.78. The van der Waals surface area contributed by atoms with E-state index in [0.29, 0.717) is 17.3 Å². The Balaban J connectivity index is 0.00000106. The van der Waals surface area contributed by atoms with Gasteiger partial charge in [0.25, 0.3) is 0 Å². The molecule has 1 rings (SSSR count). The largest absolute Gasteiger partial charge is 0.0853 e. The lowest BCUT2D eigenvalue weighted by Gasteiger charge is -2.36. The molecule has 0 spiro atoms. The van der Waals surface area contributed by atoms with Gasteiger partial charge in [-0.15, -0.1) is 0 Å². The second kappa shape index (κ2) is 6.93. The van der Waals surface area contributed by atoms with Crippen molar-refractivity contribution in [3.8, 4) is 0 Å². The van der Waals surface area contributed by atoms with Crippen LogP contribution >= 0.6 is 0 Å². The van der Waals surface area contributed by atoms with Crippen molar-refractivity contribution < 1.29 is 0 Å². The minimum absolute atomic E-state index is 0.449. The lowest BCUT2D eigenvalue weighted by molar-refractivity contribution is 0.255. The molecule has 0 aromatic heterocycles. The van der Waals surface area contributed by atoms with E-state index < -0.39 is 0 Å². The van der Waals surface area contributed by atoms with Crippen LogP contribution in [0.3, 0.4) is 0 Å². The van der Waals surface area contributed by atoms with Gasteiger partial charge in [0, 0.05) is 5.92 Å². The van der Waals surface area contributed by atoms with Gasteiger partial charge in [0.15, 0.2) is 0 Å². The van der Waals surface area contributed by atoms with Crippen LogP contribution in [-0.4, -0.2) is 0 Å². The molecule has 16 heavy (non-hydrogen) atoms. The summed E-state index contributed by atoms with van der Waals surface area (Å²) in [6.45, 7) is 15.5. The van der Waals surface area contributed by atoms with Crippen LogP contribution in [0.15, 0.2) is 23.8 Å². The zero-order valence-electron chi connectivity index (χ0n) is 12.3. The molecular weight excluding hydrogens is 192 g/mol. The summed E-state index contributed by atoms with van der Waals surface area (Å²) >= 11 is 0. The maximum absolute atomic E-state index is 2.41. The Kier molecular flexibility index (Phi) is 6.71. The molecule has 0 saturated heterocycles. The van der Waals surface area contributed by atoms with E-state index in [-0.39, 0.29) is 0 Å². The molecule has 0 heterocycles. The Bertz CT molecular complexity index is 241. The lowest BCUT2D eigenvalue weighted by Crippen LogP contribution is -2.26. The van der Waals surface area contributed by atoms with Crippen molar-refractivity contribution in [3.05, 3.63) is 23.8 Å². The summed E-state index contributed by atoms with van der Waals surface area (Å²) < 4.78 is 0. The maximum atomic E-state index is 2.41. The minimum atomic E-state index is 0.449. The quantitative estimate of drug-likeness (QED) is 0.533. The standard InChI is InChI=1S/C14H24.C2H6/c1-11(2)8-9-13-12(3)7-6-10-14(13,4)5;1-2/h7-9,11,13H,6,10H2,1-5H3;1-2H3/b9-8+;. The molecule has 1 aliphatic carbocycles. The van der Waals surface area contributed by atoms with Gasteiger partial charge in [-0.2, -0.15) is 0 Å². The van der Waals surface area contributed by atoms with Crippen molar-refractivity contribution in [3.63, 3.8) is 0 Å². The molecule has 94 valence electrons. The summed E-state index contributed by atoms with van der Waals surface area (Å²) in [7, 11) is 0. The Morgan fingerprint density at radius 1 is 1.31 bits per heavy atom. The number of hydrogen-bond acceptors (Lipinski definition) is 0. The Hall–Kier alpha value is -0.520. The van der Waals surface area contributed by atoms with Crippen LogP contribution in [0.2, 0.25) is 0 Å². The van der Waals surface area contributed by atoms with E-state index in [1.807, 2.05) is 13.8 Å². The Labute approximate surface area is 103 Å². The number of allylic oxidation sites excluding steroid dienone is 4. The van der Waals surface area contributed by atoms with Crippen LogP contribution in [0.4, 0.5) is 0 Å². The summed E-state index contributed by atoms with van der Waals surface area (Å²) in [4.78, 5) is 0. The van der Waals surface area contributed by atoms with E-state index in [2.05, 4.69) is 52.8 Å². The molecule has 0 aromatic carbocycles. The van der Waals surface area contributed by atoms with Crippen LogP contribution in [0.1, 0.15) is 61.3 Å². The fourth-order valence-corrected chi connectivity index (χ4v) is 2.32. The second-order valence-corrected chi connectivity index (χ2v) is 5.58. The van der Waals surface area contributed by atoms with E-state index in [4.69, 9.17) is 0 Å².